The molecule has 0 spiro atoms. The molecule has 0 fully saturated rings. The first-order valence-corrected chi connectivity index (χ1v) is 10.9. The summed E-state index contributed by atoms with van der Waals surface area (Å²) in [5, 5.41) is 0. The van der Waals surface area contributed by atoms with Crippen molar-refractivity contribution in [1.29, 1.82) is 0 Å². The first-order chi connectivity index (χ1) is 14.2. The molecule has 0 aliphatic carbocycles. The van der Waals surface area contributed by atoms with Crippen LogP contribution in [0.5, 0.6) is 11.5 Å². The highest BCUT2D eigenvalue weighted by molar-refractivity contribution is 7.89. The molecule has 8 heteroatoms. The van der Waals surface area contributed by atoms with Crippen LogP contribution in [0.2, 0.25) is 0 Å². The van der Waals surface area contributed by atoms with Gasteiger partial charge in [0.25, 0.3) is 5.91 Å². The number of hydrogen-bond acceptors (Lipinski definition) is 5. The number of methoxy groups -OCH3 is 1. The summed E-state index contributed by atoms with van der Waals surface area (Å²) < 4.78 is 38.4. The molecule has 0 radical (unpaired) electrons. The number of carbonyl (C=O) groups is 1. The Labute approximate surface area is 178 Å². The Kier molecular flexibility index (Phi) is 8.02. The van der Waals surface area contributed by atoms with E-state index < -0.39 is 10.0 Å². The van der Waals surface area contributed by atoms with Gasteiger partial charge in [-0.25, -0.2) is 13.1 Å². The van der Waals surface area contributed by atoms with Crippen LogP contribution in [0.25, 0.3) is 0 Å². The van der Waals surface area contributed by atoms with Crippen LogP contribution in [0.1, 0.15) is 29.8 Å². The highest BCUT2D eigenvalue weighted by Crippen LogP contribution is 2.26. The van der Waals surface area contributed by atoms with E-state index in [1.54, 1.807) is 33.0 Å². The summed E-state index contributed by atoms with van der Waals surface area (Å²) >= 11 is 0. The molecule has 0 aliphatic heterocycles. The molecule has 7 nitrogen and oxygen atoms in total. The number of benzene rings is 2. The van der Waals surface area contributed by atoms with Crippen LogP contribution in [-0.2, 0) is 16.6 Å². The summed E-state index contributed by atoms with van der Waals surface area (Å²) in [6.45, 7) is 7.84. The van der Waals surface area contributed by atoms with Crippen LogP contribution < -0.4 is 14.2 Å². The van der Waals surface area contributed by atoms with Gasteiger partial charge in [0.2, 0.25) is 10.0 Å². The fourth-order valence-corrected chi connectivity index (χ4v) is 4.25. The Morgan fingerprint density at radius 2 is 1.87 bits per heavy atom. The van der Waals surface area contributed by atoms with Gasteiger partial charge >= 0.3 is 0 Å². The number of amides is 1. The van der Waals surface area contributed by atoms with E-state index in [2.05, 4.69) is 11.3 Å². The van der Waals surface area contributed by atoms with Crippen molar-refractivity contribution < 1.29 is 22.7 Å². The summed E-state index contributed by atoms with van der Waals surface area (Å²) in [5.41, 5.74) is 1.17. The zero-order valence-electron chi connectivity index (χ0n) is 17.7. The van der Waals surface area contributed by atoms with Crippen molar-refractivity contribution in [2.24, 2.45) is 0 Å². The molecule has 1 N–H and O–H groups in total. The Hall–Kier alpha value is -2.84. The maximum absolute atomic E-state index is 12.9. The van der Waals surface area contributed by atoms with Crippen LogP contribution in [0, 0.1) is 0 Å². The van der Waals surface area contributed by atoms with Crippen LogP contribution >= 0.6 is 0 Å². The van der Waals surface area contributed by atoms with E-state index in [4.69, 9.17) is 9.47 Å². The number of sulfonamides is 1. The van der Waals surface area contributed by atoms with Crippen molar-refractivity contribution in [3.05, 3.63) is 66.2 Å². The molecule has 1 amide bonds. The minimum Gasteiger partial charge on any atom is -0.495 e. The van der Waals surface area contributed by atoms with Gasteiger partial charge in [0.05, 0.1) is 7.11 Å². The van der Waals surface area contributed by atoms with Crippen molar-refractivity contribution in [2.45, 2.75) is 31.3 Å². The average Bonchev–Trinajstić information content (AvgIpc) is 2.71. The zero-order valence-corrected chi connectivity index (χ0v) is 18.5. The fourth-order valence-electron chi connectivity index (χ4n) is 2.81. The topological polar surface area (TPSA) is 84.9 Å². The largest absolute Gasteiger partial charge is 0.495 e. The van der Waals surface area contributed by atoms with Gasteiger partial charge in [-0.2, -0.15) is 0 Å². The maximum atomic E-state index is 12.9. The lowest BCUT2D eigenvalue weighted by molar-refractivity contribution is 0.0785. The molecule has 0 heterocycles. The molecule has 0 unspecified atom stereocenters. The molecule has 30 heavy (non-hydrogen) atoms. The van der Waals surface area contributed by atoms with Gasteiger partial charge in [0, 0.05) is 25.2 Å². The molecular weight excluding hydrogens is 404 g/mol. The number of ether oxygens (including phenoxy) is 2. The summed E-state index contributed by atoms with van der Waals surface area (Å²) in [4.78, 5) is 14.3. The van der Waals surface area contributed by atoms with E-state index in [-0.39, 0.29) is 28.2 Å². The van der Waals surface area contributed by atoms with Crippen LogP contribution in [0.4, 0.5) is 0 Å². The Bertz CT molecular complexity index is 985. The van der Waals surface area contributed by atoms with Gasteiger partial charge in [-0.05, 0) is 49.7 Å². The second kappa shape index (κ2) is 10.3. The van der Waals surface area contributed by atoms with Crippen molar-refractivity contribution in [3.63, 3.8) is 0 Å². The van der Waals surface area contributed by atoms with Gasteiger partial charge in [0.15, 0.2) is 0 Å². The molecule has 0 aromatic heterocycles. The minimum atomic E-state index is -3.82. The predicted octanol–water partition coefficient (Wildman–Crippen LogP) is 3.22. The van der Waals surface area contributed by atoms with Crippen molar-refractivity contribution in [2.75, 3.05) is 20.8 Å². The molecule has 0 bridgehead atoms. The molecule has 0 aliphatic rings. The second-order valence-corrected chi connectivity index (χ2v) is 8.73. The smallest absolute Gasteiger partial charge is 0.253 e. The van der Waals surface area contributed by atoms with Gasteiger partial charge in [-0.1, -0.05) is 24.8 Å². The van der Waals surface area contributed by atoms with Gasteiger partial charge in [-0.15, -0.1) is 0 Å². The highest BCUT2D eigenvalue weighted by atomic mass is 32.2. The Balaban J connectivity index is 2.21. The first kappa shape index (κ1) is 23.4. The minimum absolute atomic E-state index is 0.0679. The summed E-state index contributed by atoms with van der Waals surface area (Å²) in [7, 11) is -0.771. The summed E-state index contributed by atoms with van der Waals surface area (Å²) in [5.74, 6) is 0.596. The van der Waals surface area contributed by atoms with Gasteiger partial charge in [0.1, 0.15) is 23.0 Å². The zero-order chi connectivity index (χ0) is 22.3. The first-order valence-electron chi connectivity index (χ1n) is 9.46. The average molecular weight is 433 g/mol. The third kappa shape index (κ3) is 6.08. The predicted molar refractivity (Wildman–Crippen MR) is 116 cm³/mol. The number of carbonyl (C=O) groups excluding carboxylic acids is 1. The molecule has 0 saturated carbocycles. The van der Waals surface area contributed by atoms with Crippen LogP contribution in [0.15, 0.2) is 60.0 Å². The Morgan fingerprint density at radius 3 is 2.43 bits per heavy atom. The van der Waals surface area contributed by atoms with E-state index in [0.29, 0.717) is 13.2 Å². The second-order valence-electron chi connectivity index (χ2n) is 7.05. The highest BCUT2D eigenvalue weighted by Gasteiger charge is 2.23. The van der Waals surface area contributed by atoms with E-state index >= 15 is 0 Å². The van der Waals surface area contributed by atoms with Crippen LogP contribution in [-0.4, -0.2) is 46.0 Å². The maximum Gasteiger partial charge on any atom is 0.253 e. The van der Waals surface area contributed by atoms with Crippen molar-refractivity contribution in [3.8, 4) is 11.5 Å². The standard InChI is InChI=1S/C22H28N2O5S/c1-6-13-29-19-10-7-17(8-11-19)15-24(4)22(25)18-9-12-20(28-5)21(14-18)30(26,27)23-16(2)3/h6-12,14,16,23H,1,13,15H2,2-5H3. The Morgan fingerprint density at radius 1 is 1.20 bits per heavy atom. The van der Waals surface area contributed by atoms with E-state index in [9.17, 15) is 13.2 Å². The fraction of sp³-hybridized carbons (Fsp3) is 0.318. The van der Waals surface area contributed by atoms with Crippen molar-refractivity contribution in [1.82, 2.24) is 9.62 Å². The lowest BCUT2D eigenvalue weighted by Crippen LogP contribution is -2.31. The van der Waals surface area contributed by atoms with Gasteiger partial charge in [-0.3, -0.25) is 4.79 Å². The molecular formula is C22H28N2O5S. The summed E-state index contributed by atoms with van der Waals surface area (Å²) in [6.07, 6.45) is 1.67. The monoisotopic (exact) mass is 432 g/mol. The number of nitrogens with zero attached hydrogens (tertiary/aromatic N) is 1. The lowest BCUT2D eigenvalue weighted by atomic mass is 10.1. The van der Waals surface area contributed by atoms with E-state index in [1.165, 1.54) is 24.1 Å². The molecule has 2 aromatic rings. The SMILES string of the molecule is C=CCOc1ccc(CN(C)C(=O)c2ccc(OC)c(S(=O)(=O)NC(C)C)c2)cc1. The number of rotatable bonds is 10. The third-order valence-electron chi connectivity index (χ3n) is 4.15. The van der Waals surface area contributed by atoms with Crippen LogP contribution in [0.3, 0.4) is 0 Å². The van der Waals surface area contributed by atoms with Gasteiger partial charge < -0.3 is 14.4 Å². The quantitative estimate of drug-likeness (QED) is 0.583. The van der Waals surface area contributed by atoms with E-state index in [1.807, 2.05) is 24.3 Å². The third-order valence-corrected chi connectivity index (χ3v) is 5.83. The molecule has 0 saturated heterocycles. The number of nitrogens with one attached hydrogen (secondary N) is 1. The van der Waals surface area contributed by atoms with E-state index in [0.717, 1.165) is 11.3 Å². The molecule has 0 atom stereocenters. The number of hydrogen-bond donors (Lipinski definition) is 1. The van der Waals surface area contributed by atoms with Crippen molar-refractivity contribution >= 4 is 15.9 Å². The molecule has 2 aromatic carbocycles. The summed E-state index contributed by atoms with van der Waals surface area (Å²) in [6, 6.07) is 11.5. The molecule has 2 rings (SSSR count). The normalized spacial score (nSPS) is 11.2. The lowest BCUT2D eigenvalue weighted by Gasteiger charge is -2.19. The molecule has 162 valence electrons.